The van der Waals surface area contributed by atoms with Gasteiger partial charge < -0.3 is 15.6 Å². The molecule has 0 atom stereocenters. The van der Waals surface area contributed by atoms with Crippen LogP contribution in [0.4, 0.5) is 5.13 Å². The van der Waals surface area contributed by atoms with Crippen LogP contribution in [0.1, 0.15) is 23.3 Å². The van der Waals surface area contributed by atoms with Gasteiger partial charge in [-0.1, -0.05) is 0 Å². The number of carbonyl (C=O) groups excluding carboxylic acids is 1. The van der Waals surface area contributed by atoms with E-state index in [1.807, 2.05) is 12.3 Å². The number of anilines is 1. The van der Waals surface area contributed by atoms with Crippen LogP contribution in [0.5, 0.6) is 0 Å². The summed E-state index contributed by atoms with van der Waals surface area (Å²) < 4.78 is 4.74. The molecule has 0 aliphatic carbocycles. The lowest BCUT2D eigenvalue weighted by atomic mass is 10.3. The predicted octanol–water partition coefficient (Wildman–Crippen LogP) is 1.82. The fraction of sp³-hybridized carbons (Fsp3) is 0.462. The van der Waals surface area contributed by atoms with E-state index >= 15 is 0 Å². The number of rotatable bonds is 5. The average Bonchev–Trinajstić information content (AvgIpc) is 3.00. The molecule has 0 fully saturated rings. The number of aliphatic hydroxyl groups is 1. The lowest BCUT2D eigenvalue weighted by molar-refractivity contribution is -0.142. The Morgan fingerprint density at radius 2 is 2.05 bits per heavy atom. The van der Waals surface area contributed by atoms with E-state index < -0.39 is 0 Å². The highest BCUT2D eigenvalue weighted by molar-refractivity contribution is 7.13. The van der Waals surface area contributed by atoms with Crippen LogP contribution < -0.4 is 5.73 Å². The van der Waals surface area contributed by atoms with Crippen LogP contribution >= 0.6 is 22.7 Å². The van der Waals surface area contributed by atoms with Gasteiger partial charge >= 0.3 is 5.97 Å². The van der Waals surface area contributed by atoms with E-state index in [2.05, 4.69) is 9.97 Å². The van der Waals surface area contributed by atoms with Crippen molar-refractivity contribution in [1.82, 2.24) is 9.97 Å². The molecule has 0 saturated heterocycles. The maximum atomic E-state index is 10.9. The molecule has 0 unspecified atom stereocenters. The third-order valence-corrected chi connectivity index (χ3v) is 3.78. The molecule has 0 amide bonds. The third kappa shape index (κ3) is 7.16. The number of thiazole rings is 2. The molecule has 0 aliphatic rings. The van der Waals surface area contributed by atoms with Gasteiger partial charge in [0.25, 0.3) is 0 Å². The first-order valence-electron chi connectivity index (χ1n) is 6.42. The van der Waals surface area contributed by atoms with E-state index in [0.717, 1.165) is 10.7 Å². The summed E-state index contributed by atoms with van der Waals surface area (Å²) in [5, 5.41) is 13.8. The Morgan fingerprint density at radius 1 is 1.33 bits per heavy atom. The number of nitrogens with zero attached hydrogens (tertiary/aromatic N) is 2. The molecule has 2 aromatic rings. The summed E-state index contributed by atoms with van der Waals surface area (Å²) in [4.78, 5) is 19.0. The van der Waals surface area contributed by atoms with Gasteiger partial charge in [-0.25, -0.2) is 9.97 Å². The fourth-order valence-electron chi connectivity index (χ4n) is 1.40. The highest BCUT2D eigenvalue weighted by Gasteiger charge is 2.06. The summed E-state index contributed by atoms with van der Waals surface area (Å²) in [6.45, 7) is 4.33. The van der Waals surface area contributed by atoms with E-state index in [9.17, 15) is 4.79 Å². The number of nitrogens with two attached hydrogens (primary N) is 1. The van der Waals surface area contributed by atoms with Gasteiger partial charge in [0.2, 0.25) is 0 Å². The smallest absolute Gasteiger partial charge is 0.311 e. The lowest BCUT2D eigenvalue weighted by Crippen LogP contribution is -2.07. The number of hydrogen-bond acceptors (Lipinski definition) is 8. The van der Waals surface area contributed by atoms with Crippen molar-refractivity contribution in [3.8, 4) is 0 Å². The number of aliphatic hydroxyl groups excluding tert-OH is 1. The lowest BCUT2D eigenvalue weighted by Gasteiger charge is -1.97. The van der Waals surface area contributed by atoms with E-state index in [-0.39, 0.29) is 19.0 Å². The number of nitrogen functional groups attached to an aromatic ring is 1. The van der Waals surface area contributed by atoms with Gasteiger partial charge in [-0.15, -0.1) is 22.7 Å². The summed E-state index contributed by atoms with van der Waals surface area (Å²) in [5.74, 6) is -0.261. The molecule has 0 aliphatic heterocycles. The standard InChI is InChI=1S/C7H10N2O2S.C6H9NOS/c1-2-11-6(10)3-5-4-12-7(8)9-5;1-5-7-6(2-3-8)4-9-5/h4H,2-3H2,1H3,(H2,8,9);4,8H,2-3H2,1H3. The van der Waals surface area contributed by atoms with Crippen LogP contribution in [0, 0.1) is 6.92 Å². The number of aryl methyl sites for hydroxylation is 1. The first kappa shape index (κ1) is 17.5. The van der Waals surface area contributed by atoms with Crippen molar-refractivity contribution < 1.29 is 14.6 Å². The first-order valence-corrected chi connectivity index (χ1v) is 8.18. The molecule has 8 heteroatoms. The van der Waals surface area contributed by atoms with Crippen molar-refractivity contribution in [2.24, 2.45) is 0 Å². The van der Waals surface area contributed by atoms with Gasteiger partial charge in [0.1, 0.15) is 0 Å². The van der Waals surface area contributed by atoms with Gasteiger partial charge in [-0.3, -0.25) is 4.79 Å². The van der Waals surface area contributed by atoms with Gasteiger partial charge in [0.15, 0.2) is 5.13 Å². The minimum absolute atomic E-state index is 0.198. The van der Waals surface area contributed by atoms with Crippen LogP contribution in [0.25, 0.3) is 0 Å². The monoisotopic (exact) mass is 329 g/mol. The van der Waals surface area contributed by atoms with E-state index in [0.29, 0.717) is 23.9 Å². The molecule has 21 heavy (non-hydrogen) atoms. The van der Waals surface area contributed by atoms with Crippen LogP contribution in [-0.4, -0.2) is 34.3 Å². The summed E-state index contributed by atoms with van der Waals surface area (Å²) >= 11 is 2.95. The zero-order chi connectivity index (χ0) is 15.7. The van der Waals surface area contributed by atoms with Crippen LogP contribution in [0.3, 0.4) is 0 Å². The number of aromatic nitrogens is 2. The molecule has 0 aromatic carbocycles. The Kier molecular flexibility index (Phi) is 7.88. The van der Waals surface area contributed by atoms with Gasteiger partial charge in [-0.05, 0) is 13.8 Å². The van der Waals surface area contributed by atoms with Crippen LogP contribution in [0.2, 0.25) is 0 Å². The molecule has 0 bridgehead atoms. The first-order chi connectivity index (χ1) is 10.0. The molecule has 2 heterocycles. The maximum absolute atomic E-state index is 10.9. The summed E-state index contributed by atoms with van der Waals surface area (Å²) in [6, 6.07) is 0. The Hall–Kier alpha value is -1.51. The minimum Gasteiger partial charge on any atom is -0.466 e. The Morgan fingerprint density at radius 3 is 2.52 bits per heavy atom. The number of carbonyl (C=O) groups is 1. The van der Waals surface area contributed by atoms with Crippen LogP contribution in [-0.2, 0) is 22.4 Å². The van der Waals surface area contributed by atoms with Crippen LogP contribution in [0.15, 0.2) is 10.8 Å². The van der Waals surface area contributed by atoms with Gasteiger partial charge in [0, 0.05) is 23.8 Å². The molecule has 2 rings (SSSR count). The largest absolute Gasteiger partial charge is 0.466 e. The normalized spacial score (nSPS) is 9.86. The van der Waals surface area contributed by atoms with E-state index in [4.69, 9.17) is 15.6 Å². The topological polar surface area (TPSA) is 98.3 Å². The Balaban J connectivity index is 0.000000219. The van der Waals surface area contributed by atoms with Crippen molar-refractivity contribution >= 4 is 33.8 Å². The number of esters is 1. The molecule has 0 spiro atoms. The molecule has 116 valence electrons. The fourth-order valence-corrected chi connectivity index (χ4v) is 2.61. The van der Waals surface area contributed by atoms with Crippen molar-refractivity contribution in [3.63, 3.8) is 0 Å². The second-order valence-corrected chi connectivity index (χ2v) is 5.94. The third-order valence-electron chi connectivity index (χ3n) is 2.23. The molecule has 0 saturated carbocycles. The highest BCUT2D eigenvalue weighted by atomic mass is 32.1. The zero-order valence-corrected chi connectivity index (χ0v) is 13.7. The molecular formula is C13H19N3O3S2. The summed E-state index contributed by atoms with van der Waals surface area (Å²) in [7, 11) is 0. The van der Waals surface area contributed by atoms with Crippen molar-refractivity contribution in [3.05, 3.63) is 27.2 Å². The van der Waals surface area contributed by atoms with Crippen molar-refractivity contribution in [2.75, 3.05) is 18.9 Å². The molecule has 3 N–H and O–H groups in total. The second-order valence-electron chi connectivity index (χ2n) is 3.99. The maximum Gasteiger partial charge on any atom is 0.311 e. The summed E-state index contributed by atoms with van der Waals surface area (Å²) in [6.07, 6.45) is 0.895. The van der Waals surface area contributed by atoms with E-state index in [1.54, 1.807) is 23.6 Å². The quantitative estimate of drug-likeness (QED) is 0.812. The molecule has 2 aromatic heterocycles. The SMILES string of the molecule is CCOC(=O)Cc1csc(N)n1.Cc1nc(CCO)cs1. The molecule has 0 radical (unpaired) electrons. The number of ether oxygens (including phenoxy) is 1. The van der Waals surface area contributed by atoms with Crippen molar-refractivity contribution in [2.45, 2.75) is 26.7 Å². The second kappa shape index (κ2) is 9.43. The number of hydrogen-bond donors (Lipinski definition) is 2. The zero-order valence-electron chi connectivity index (χ0n) is 12.0. The minimum atomic E-state index is -0.261. The molecule has 6 nitrogen and oxygen atoms in total. The Labute approximate surface area is 131 Å². The van der Waals surface area contributed by atoms with E-state index in [1.165, 1.54) is 11.3 Å². The van der Waals surface area contributed by atoms with Crippen molar-refractivity contribution in [1.29, 1.82) is 0 Å². The van der Waals surface area contributed by atoms with Gasteiger partial charge in [0.05, 0.1) is 29.4 Å². The molecular weight excluding hydrogens is 310 g/mol. The van der Waals surface area contributed by atoms with Gasteiger partial charge in [-0.2, -0.15) is 0 Å². The average molecular weight is 329 g/mol. The predicted molar refractivity (Wildman–Crippen MR) is 84.5 cm³/mol. The highest BCUT2D eigenvalue weighted by Crippen LogP contribution is 2.11. The Bertz CT molecular complexity index is 554. The summed E-state index contributed by atoms with van der Waals surface area (Å²) in [5.41, 5.74) is 7.06.